The van der Waals surface area contributed by atoms with Gasteiger partial charge in [0.25, 0.3) is 11.8 Å². The number of aromatic nitrogens is 1. The van der Waals surface area contributed by atoms with Gasteiger partial charge in [0.05, 0.1) is 21.8 Å². The van der Waals surface area contributed by atoms with Gasteiger partial charge in [-0.25, -0.2) is 8.42 Å². The number of halogens is 2. The highest BCUT2D eigenvalue weighted by Crippen LogP contribution is 2.37. The summed E-state index contributed by atoms with van der Waals surface area (Å²) in [5, 5.41) is 6.33. The quantitative estimate of drug-likeness (QED) is 0.306. The van der Waals surface area contributed by atoms with Gasteiger partial charge in [-0.05, 0) is 81.7 Å². The van der Waals surface area contributed by atoms with Gasteiger partial charge in [0.1, 0.15) is 0 Å². The number of benzene rings is 2. The van der Waals surface area contributed by atoms with E-state index < -0.39 is 9.84 Å². The van der Waals surface area contributed by atoms with Crippen molar-refractivity contribution in [2.45, 2.75) is 37.3 Å². The lowest BCUT2D eigenvalue weighted by Crippen LogP contribution is -2.33. The summed E-state index contributed by atoms with van der Waals surface area (Å²) in [5.74, 6) is -0.907. The van der Waals surface area contributed by atoms with Gasteiger partial charge >= 0.3 is 0 Å². The van der Waals surface area contributed by atoms with E-state index in [1.165, 1.54) is 25.0 Å². The molecule has 0 radical (unpaired) electrons. The zero-order valence-corrected chi connectivity index (χ0v) is 24.6. The second-order valence-corrected chi connectivity index (χ2v) is 13.0. The average molecular weight is 602 g/mol. The zero-order valence-electron chi connectivity index (χ0n) is 22.2. The van der Waals surface area contributed by atoms with Gasteiger partial charge in [-0.1, -0.05) is 29.3 Å². The van der Waals surface area contributed by atoms with Crippen LogP contribution in [0.5, 0.6) is 0 Å². The van der Waals surface area contributed by atoms with Crippen molar-refractivity contribution >= 4 is 62.2 Å². The number of aromatic amines is 1. The highest BCUT2D eigenvalue weighted by molar-refractivity contribution is 7.90. The highest BCUT2D eigenvalue weighted by Gasteiger charge is 2.28. The monoisotopic (exact) mass is 600 g/mol. The number of hydrogen-bond donors (Lipinski definition) is 3. The van der Waals surface area contributed by atoms with Crippen molar-refractivity contribution in [1.82, 2.24) is 15.2 Å². The molecule has 0 saturated carbocycles. The van der Waals surface area contributed by atoms with E-state index >= 15 is 0 Å². The maximum atomic E-state index is 13.3. The van der Waals surface area contributed by atoms with E-state index in [9.17, 15) is 18.0 Å². The fourth-order valence-electron chi connectivity index (χ4n) is 5.27. The molecule has 3 N–H and O–H groups in total. The molecule has 2 amide bonds. The van der Waals surface area contributed by atoms with Crippen LogP contribution in [-0.2, 0) is 20.4 Å². The summed E-state index contributed by atoms with van der Waals surface area (Å²) in [7, 11) is -3.83. The molecule has 0 aliphatic carbocycles. The van der Waals surface area contributed by atoms with E-state index in [0.29, 0.717) is 51.4 Å². The number of fused-ring (bicyclic) bond motifs is 1. The maximum Gasteiger partial charge on any atom is 0.256 e. The molecule has 5 rings (SSSR count). The van der Waals surface area contributed by atoms with Gasteiger partial charge in [0, 0.05) is 51.3 Å². The number of aryl methyl sites for hydroxylation is 1. The molecule has 210 valence electrons. The van der Waals surface area contributed by atoms with Crippen molar-refractivity contribution in [2.75, 3.05) is 31.5 Å². The van der Waals surface area contributed by atoms with Crippen LogP contribution in [0.2, 0.25) is 10.0 Å². The van der Waals surface area contributed by atoms with E-state index in [4.69, 9.17) is 23.2 Å². The van der Waals surface area contributed by atoms with Crippen LogP contribution in [-0.4, -0.2) is 56.3 Å². The Morgan fingerprint density at radius 2 is 1.80 bits per heavy atom. The molecule has 3 heterocycles. The van der Waals surface area contributed by atoms with E-state index in [1.807, 2.05) is 13.8 Å². The Bertz CT molecular complexity index is 1620. The van der Waals surface area contributed by atoms with Crippen molar-refractivity contribution < 1.29 is 18.0 Å². The first-order valence-electron chi connectivity index (χ1n) is 13.1. The molecular weight excluding hydrogens is 571 g/mol. The van der Waals surface area contributed by atoms with Crippen LogP contribution in [0, 0.1) is 13.8 Å². The average Bonchev–Trinajstić information content (AvgIpc) is 3.60. The second-order valence-electron chi connectivity index (χ2n) is 10.1. The van der Waals surface area contributed by atoms with Crippen LogP contribution in [0.25, 0.3) is 11.6 Å². The second kappa shape index (κ2) is 11.4. The third-order valence-corrected chi connectivity index (χ3v) is 9.78. The molecule has 1 aromatic heterocycles. The van der Waals surface area contributed by atoms with Gasteiger partial charge in [-0.15, -0.1) is 0 Å². The summed E-state index contributed by atoms with van der Waals surface area (Å²) in [6.07, 6.45) is 4.05. The fraction of sp³-hybridized carbons (Fsp3) is 0.310. The third kappa shape index (κ3) is 5.69. The summed E-state index contributed by atoms with van der Waals surface area (Å²) < 4.78 is 26.6. The molecule has 1 saturated heterocycles. The SMILES string of the molecule is Cc1[nH]c(/C=C2\C(=O)Nc3ccc(S(=O)(=O)Cc4c(Cl)cccc4Cl)cc32)c(C)c1C(=O)NCCN1CCCC1. The smallest absolute Gasteiger partial charge is 0.256 e. The van der Waals surface area contributed by atoms with E-state index in [-0.39, 0.29) is 32.5 Å². The molecule has 2 aliphatic rings. The molecule has 8 nitrogen and oxygen atoms in total. The number of nitrogens with zero attached hydrogens (tertiary/aromatic N) is 1. The summed E-state index contributed by atoms with van der Waals surface area (Å²) in [6, 6.07) is 9.34. The Hall–Kier alpha value is -3.11. The normalized spacial score (nSPS) is 16.4. The van der Waals surface area contributed by atoms with Crippen LogP contribution in [0.4, 0.5) is 5.69 Å². The number of rotatable bonds is 8. The van der Waals surface area contributed by atoms with E-state index in [0.717, 1.165) is 19.6 Å². The Balaban J connectivity index is 1.41. The molecule has 0 spiro atoms. The molecule has 0 unspecified atom stereocenters. The van der Waals surface area contributed by atoms with Crippen molar-refractivity contribution in [2.24, 2.45) is 0 Å². The first-order chi connectivity index (χ1) is 19.0. The number of H-pyrrole nitrogens is 1. The number of nitrogens with one attached hydrogen (secondary N) is 3. The summed E-state index contributed by atoms with van der Waals surface area (Å²) in [4.78, 5) is 31.5. The Morgan fingerprint density at radius 3 is 2.50 bits per heavy atom. The number of likely N-dealkylation sites (tertiary alicyclic amines) is 1. The number of anilines is 1. The van der Waals surface area contributed by atoms with Gasteiger partial charge in [0.15, 0.2) is 9.84 Å². The molecule has 0 bridgehead atoms. The first-order valence-corrected chi connectivity index (χ1v) is 15.5. The lowest BCUT2D eigenvalue weighted by Gasteiger charge is -2.14. The minimum absolute atomic E-state index is 0.0436. The van der Waals surface area contributed by atoms with Crippen LogP contribution in [0.1, 0.15) is 51.3 Å². The largest absolute Gasteiger partial charge is 0.358 e. The predicted octanol–water partition coefficient (Wildman–Crippen LogP) is 5.23. The molecule has 2 aliphatic heterocycles. The molecule has 3 aromatic rings. The third-order valence-electron chi connectivity index (χ3n) is 7.43. The molecule has 2 aromatic carbocycles. The highest BCUT2D eigenvalue weighted by atomic mass is 35.5. The lowest BCUT2D eigenvalue weighted by atomic mass is 10.0. The Kier molecular flexibility index (Phi) is 8.10. The molecular formula is C29H30Cl2N4O4S. The Labute approximate surface area is 243 Å². The number of hydrogen-bond acceptors (Lipinski definition) is 5. The van der Waals surface area contributed by atoms with Gasteiger partial charge in [0.2, 0.25) is 0 Å². The number of sulfone groups is 1. The van der Waals surface area contributed by atoms with Crippen LogP contribution in [0.3, 0.4) is 0 Å². The molecule has 11 heteroatoms. The predicted molar refractivity (Wildman–Crippen MR) is 159 cm³/mol. The summed E-state index contributed by atoms with van der Waals surface area (Å²) in [6.45, 7) is 7.15. The first kappa shape index (κ1) is 28.4. The zero-order chi connectivity index (χ0) is 28.6. The van der Waals surface area contributed by atoms with Crippen LogP contribution >= 0.6 is 23.2 Å². The number of carbonyl (C=O) groups excluding carboxylic acids is 2. The Morgan fingerprint density at radius 1 is 1.10 bits per heavy atom. The van der Waals surface area contributed by atoms with Crippen molar-refractivity contribution in [3.05, 3.63) is 80.1 Å². The standard InChI is InChI=1S/C29H30Cl2N4O4S/c1-17-26(33-18(2)27(17)29(37)32-10-13-35-11-3-4-12-35)15-21-20-14-19(8-9-25(20)34-28(21)36)40(38,39)16-22-23(30)6-5-7-24(22)31/h5-9,14-15,33H,3-4,10-13,16H2,1-2H3,(H,32,37)(H,34,36)/b21-15-. The maximum absolute atomic E-state index is 13.3. The minimum Gasteiger partial charge on any atom is -0.358 e. The number of amides is 2. The fourth-order valence-corrected chi connectivity index (χ4v) is 7.39. The topological polar surface area (TPSA) is 111 Å². The molecule has 1 fully saturated rings. The number of carbonyl (C=O) groups is 2. The minimum atomic E-state index is -3.83. The van der Waals surface area contributed by atoms with Gasteiger partial charge in [-0.3, -0.25) is 9.59 Å². The molecule has 40 heavy (non-hydrogen) atoms. The van der Waals surface area contributed by atoms with Crippen LogP contribution in [0.15, 0.2) is 41.3 Å². The van der Waals surface area contributed by atoms with Crippen molar-refractivity contribution in [3.8, 4) is 0 Å². The van der Waals surface area contributed by atoms with Gasteiger partial charge < -0.3 is 20.5 Å². The van der Waals surface area contributed by atoms with Crippen molar-refractivity contribution in [3.63, 3.8) is 0 Å². The van der Waals surface area contributed by atoms with Crippen LogP contribution < -0.4 is 10.6 Å². The summed E-state index contributed by atoms with van der Waals surface area (Å²) >= 11 is 12.4. The van der Waals surface area contributed by atoms with E-state index in [2.05, 4.69) is 20.5 Å². The summed E-state index contributed by atoms with van der Waals surface area (Å²) in [5.41, 5.74) is 4.13. The van der Waals surface area contributed by atoms with Gasteiger partial charge in [-0.2, -0.15) is 0 Å². The van der Waals surface area contributed by atoms with E-state index in [1.54, 1.807) is 30.3 Å². The molecule has 0 atom stereocenters. The van der Waals surface area contributed by atoms with Crippen molar-refractivity contribution in [1.29, 1.82) is 0 Å². The lowest BCUT2D eigenvalue weighted by molar-refractivity contribution is -0.110.